The Labute approximate surface area is 104 Å². The highest BCUT2D eigenvalue weighted by Crippen LogP contribution is 2.26. The zero-order valence-corrected chi connectivity index (χ0v) is 11.5. The highest BCUT2D eigenvalue weighted by atomic mass is 16.2. The molecule has 0 saturated carbocycles. The molecule has 1 heterocycles. The van der Waals surface area contributed by atoms with Crippen molar-refractivity contribution in [2.45, 2.75) is 47.1 Å². The summed E-state index contributed by atoms with van der Waals surface area (Å²) in [7, 11) is 0. The van der Waals surface area contributed by atoms with Gasteiger partial charge in [0.1, 0.15) is 6.04 Å². The van der Waals surface area contributed by atoms with Crippen LogP contribution in [0.15, 0.2) is 0 Å². The molecule has 98 valence electrons. The molecule has 0 bridgehead atoms. The fourth-order valence-corrected chi connectivity index (χ4v) is 1.81. The summed E-state index contributed by atoms with van der Waals surface area (Å²) in [6.45, 7) is 11.4. The first-order chi connectivity index (χ1) is 7.75. The molecule has 2 atom stereocenters. The molecule has 4 heteroatoms. The molecule has 2 amide bonds. The molecule has 1 rings (SSSR count). The number of rotatable bonds is 3. The molecule has 0 radical (unpaired) electrons. The molecular weight excluding hydrogens is 216 g/mol. The minimum Gasteiger partial charge on any atom is -0.343 e. The van der Waals surface area contributed by atoms with E-state index in [1.165, 1.54) is 0 Å². The van der Waals surface area contributed by atoms with Gasteiger partial charge in [-0.2, -0.15) is 0 Å². The second-order valence-electron chi connectivity index (χ2n) is 6.01. The van der Waals surface area contributed by atoms with Gasteiger partial charge >= 0.3 is 0 Å². The predicted molar refractivity (Wildman–Crippen MR) is 67.4 cm³/mol. The summed E-state index contributed by atoms with van der Waals surface area (Å²) < 4.78 is 0. The van der Waals surface area contributed by atoms with Crippen molar-refractivity contribution in [3.8, 4) is 0 Å². The summed E-state index contributed by atoms with van der Waals surface area (Å²) in [5.74, 6) is 0.385. The maximum Gasteiger partial charge on any atom is 0.245 e. The van der Waals surface area contributed by atoms with Crippen LogP contribution in [0.4, 0.5) is 0 Å². The van der Waals surface area contributed by atoms with Crippen LogP contribution in [-0.2, 0) is 9.59 Å². The van der Waals surface area contributed by atoms with Crippen molar-refractivity contribution < 1.29 is 9.59 Å². The van der Waals surface area contributed by atoms with E-state index in [-0.39, 0.29) is 29.8 Å². The molecule has 1 aliphatic heterocycles. The minimum atomic E-state index is -0.330. The van der Waals surface area contributed by atoms with Gasteiger partial charge in [-0.25, -0.2) is 0 Å². The molecule has 0 aliphatic carbocycles. The molecule has 0 spiro atoms. The highest BCUT2D eigenvalue weighted by Gasteiger charge is 2.33. The molecule has 0 aromatic rings. The smallest absolute Gasteiger partial charge is 0.245 e. The minimum absolute atomic E-state index is 0.0439. The Morgan fingerprint density at radius 3 is 2.47 bits per heavy atom. The predicted octanol–water partition coefficient (Wildman–Crippen LogP) is 1.41. The van der Waals surface area contributed by atoms with Crippen LogP contribution in [-0.4, -0.2) is 35.8 Å². The third kappa shape index (κ3) is 3.45. The van der Waals surface area contributed by atoms with Crippen molar-refractivity contribution in [1.29, 1.82) is 0 Å². The van der Waals surface area contributed by atoms with Crippen molar-refractivity contribution in [3.05, 3.63) is 0 Å². The molecule has 0 aromatic carbocycles. The lowest BCUT2D eigenvalue weighted by molar-refractivity contribution is -0.145. The van der Waals surface area contributed by atoms with Crippen molar-refractivity contribution in [1.82, 2.24) is 10.2 Å². The molecule has 1 N–H and O–H groups in total. The Balaban J connectivity index is 2.69. The van der Waals surface area contributed by atoms with Gasteiger partial charge < -0.3 is 10.2 Å². The van der Waals surface area contributed by atoms with Gasteiger partial charge in [-0.05, 0) is 17.8 Å². The van der Waals surface area contributed by atoms with E-state index in [1.807, 2.05) is 6.92 Å². The average Bonchev–Trinajstić information content (AvgIpc) is 2.21. The molecule has 0 aromatic heterocycles. The van der Waals surface area contributed by atoms with Crippen molar-refractivity contribution in [3.63, 3.8) is 0 Å². The summed E-state index contributed by atoms with van der Waals surface area (Å²) in [6, 6.07) is -0.330. The third-order valence-electron chi connectivity index (χ3n) is 3.66. The van der Waals surface area contributed by atoms with E-state index in [9.17, 15) is 9.59 Å². The Kier molecular flexibility index (Phi) is 4.17. The lowest BCUT2D eigenvalue weighted by Gasteiger charge is -2.37. The van der Waals surface area contributed by atoms with E-state index >= 15 is 0 Å². The molecule has 17 heavy (non-hydrogen) atoms. The molecule has 1 fully saturated rings. The van der Waals surface area contributed by atoms with E-state index in [4.69, 9.17) is 0 Å². The summed E-state index contributed by atoms with van der Waals surface area (Å²) in [6.07, 6.45) is 0.658. The number of piperazine rings is 1. The third-order valence-corrected chi connectivity index (χ3v) is 3.66. The van der Waals surface area contributed by atoms with Gasteiger partial charge in [0.05, 0.1) is 6.54 Å². The Hall–Kier alpha value is -1.06. The zero-order valence-electron chi connectivity index (χ0n) is 11.5. The van der Waals surface area contributed by atoms with Crippen LogP contribution in [0.1, 0.15) is 41.0 Å². The van der Waals surface area contributed by atoms with Crippen LogP contribution in [0, 0.1) is 11.3 Å². The molecule has 1 saturated heterocycles. The standard InChI is InChI=1S/C13H24N2O2/c1-6-10-12(17)15(8-11(16)14-10)7-9(2)13(3,4)5/h9-10H,6-8H2,1-5H3,(H,14,16). The lowest BCUT2D eigenvalue weighted by atomic mass is 9.81. The molecular formula is C13H24N2O2. The second-order valence-corrected chi connectivity index (χ2v) is 6.01. The van der Waals surface area contributed by atoms with E-state index in [1.54, 1.807) is 4.90 Å². The number of nitrogens with zero attached hydrogens (tertiary/aromatic N) is 1. The summed E-state index contributed by atoms with van der Waals surface area (Å²) >= 11 is 0. The number of carbonyl (C=O) groups excluding carboxylic acids is 2. The maximum absolute atomic E-state index is 12.1. The first kappa shape index (κ1) is 14.0. The number of carbonyl (C=O) groups is 2. The summed E-state index contributed by atoms with van der Waals surface area (Å²) in [5, 5.41) is 2.73. The van der Waals surface area contributed by atoms with Gasteiger partial charge in [0.25, 0.3) is 0 Å². The quantitative estimate of drug-likeness (QED) is 0.810. The monoisotopic (exact) mass is 240 g/mol. The zero-order chi connectivity index (χ0) is 13.2. The van der Waals surface area contributed by atoms with Crippen LogP contribution in [0.5, 0.6) is 0 Å². The van der Waals surface area contributed by atoms with Gasteiger partial charge in [0.15, 0.2) is 0 Å². The number of hydrogen-bond acceptors (Lipinski definition) is 2. The first-order valence-electron chi connectivity index (χ1n) is 6.33. The number of amides is 2. The van der Waals surface area contributed by atoms with Crippen LogP contribution in [0.25, 0.3) is 0 Å². The fourth-order valence-electron chi connectivity index (χ4n) is 1.81. The van der Waals surface area contributed by atoms with Crippen molar-refractivity contribution >= 4 is 11.8 Å². The Bertz CT molecular complexity index is 307. The van der Waals surface area contributed by atoms with Crippen molar-refractivity contribution in [2.24, 2.45) is 11.3 Å². The largest absolute Gasteiger partial charge is 0.343 e. The summed E-state index contributed by atoms with van der Waals surface area (Å²) in [4.78, 5) is 25.3. The lowest BCUT2D eigenvalue weighted by Crippen LogP contribution is -2.58. The molecule has 2 unspecified atom stereocenters. The summed E-state index contributed by atoms with van der Waals surface area (Å²) in [5.41, 5.74) is 0.149. The van der Waals surface area contributed by atoms with Gasteiger partial charge in [-0.3, -0.25) is 9.59 Å². The Morgan fingerprint density at radius 1 is 1.41 bits per heavy atom. The van der Waals surface area contributed by atoms with Crippen LogP contribution in [0.3, 0.4) is 0 Å². The first-order valence-corrected chi connectivity index (χ1v) is 6.33. The maximum atomic E-state index is 12.1. The number of nitrogens with one attached hydrogen (secondary N) is 1. The molecule has 4 nitrogen and oxygen atoms in total. The van der Waals surface area contributed by atoms with Gasteiger partial charge in [0.2, 0.25) is 11.8 Å². The van der Waals surface area contributed by atoms with E-state index in [2.05, 4.69) is 33.0 Å². The van der Waals surface area contributed by atoms with E-state index < -0.39 is 0 Å². The van der Waals surface area contributed by atoms with E-state index in [0.29, 0.717) is 18.9 Å². The van der Waals surface area contributed by atoms with Crippen molar-refractivity contribution in [2.75, 3.05) is 13.1 Å². The van der Waals surface area contributed by atoms with Gasteiger partial charge in [-0.15, -0.1) is 0 Å². The SMILES string of the molecule is CCC1NC(=O)CN(CC(C)C(C)(C)C)C1=O. The average molecular weight is 240 g/mol. The van der Waals surface area contributed by atoms with Gasteiger partial charge in [0, 0.05) is 6.54 Å². The number of hydrogen-bond donors (Lipinski definition) is 1. The topological polar surface area (TPSA) is 49.4 Å². The molecule has 1 aliphatic rings. The van der Waals surface area contributed by atoms with Crippen LogP contribution in [0.2, 0.25) is 0 Å². The fraction of sp³-hybridized carbons (Fsp3) is 0.846. The van der Waals surface area contributed by atoms with Crippen LogP contribution < -0.4 is 5.32 Å². The van der Waals surface area contributed by atoms with Gasteiger partial charge in [-0.1, -0.05) is 34.6 Å². The van der Waals surface area contributed by atoms with Crippen LogP contribution >= 0.6 is 0 Å². The highest BCUT2D eigenvalue weighted by molar-refractivity contribution is 5.94. The van der Waals surface area contributed by atoms with E-state index in [0.717, 1.165) is 0 Å². The second kappa shape index (κ2) is 5.07. The normalized spacial score (nSPS) is 23.6. The Morgan fingerprint density at radius 2 is 2.00 bits per heavy atom.